The summed E-state index contributed by atoms with van der Waals surface area (Å²) < 4.78 is 29.4. The molecular formula is C22H26N4O3S2. The highest BCUT2D eigenvalue weighted by Crippen LogP contribution is 2.28. The molecule has 4 rings (SSSR count). The van der Waals surface area contributed by atoms with Crippen molar-refractivity contribution < 1.29 is 13.2 Å². The number of nitrogens with one attached hydrogen (secondary N) is 1. The monoisotopic (exact) mass is 458 g/mol. The summed E-state index contributed by atoms with van der Waals surface area (Å²) in [7, 11) is -3.64. The lowest BCUT2D eigenvalue weighted by atomic mass is 10.1. The zero-order valence-corrected chi connectivity index (χ0v) is 19.2. The van der Waals surface area contributed by atoms with Crippen molar-refractivity contribution in [3.63, 3.8) is 0 Å². The summed E-state index contributed by atoms with van der Waals surface area (Å²) in [5, 5.41) is 9.31. The van der Waals surface area contributed by atoms with Crippen LogP contribution in [0, 0.1) is 13.8 Å². The summed E-state index contributed by atoms with van der Waals surface area (Å²) in [5.74, 6) is -0.257. The van der Waals surface area contributed by atoms with Crippen molar-refractivity contribution in [3.8, 4) is 0 Å². The number of thiophene rings is 1. The number of sulfonamides is 1. The topological polar surface area (TPSA) is 84.3 Å². The van der Waals surface area contributed by atoms with Gasteiger partial charge in [0.2, 0.25) is 5.91 Å². The average molecular weight is 459 g/mol. The van der Waals surface area contributed by atoms with Gasteiger partial charge in [0, 0.05) is 24.3 Å². The Hall–Kier alpha value is -2.49. The fraction of sp³-hybridized carbons (Fsp3) is 0.364. The van der Waals surface area contributed by atoms with Crippen LogP contribution in [0.3, 0.4) is 0 Å². The molecule has 1 fully saturated rings. The first-order valence-electron chi connectivity index (χ1n) is 10.3. The van der Waals surface area contributed by atoms with Gasteiger partial charge >= 0.3 is 0 Å². The standard InChI is InChI=1S/C22H26N4O3S2/c1-16-19(17(2)25(24-16)15-18-8-4-3-5-9-18)14-23-22(27)20-10-6-12-26(20)31(28,29)21-11-7-13-30-21/h3-5,7-9,11,13,20H,6,10,12,14-15H2,1-2H3,(H,23,27). The van der Waals surface area contributed by atoms with Gasteiger partial charge in [0.05, 0.1) is 12.2 Å². The lowest BCUT2D eigenvalue weighted by molar-refractivity contribution is -0.124. The van der Waals surface area contributed by atoms with Crippen LogP contribution in [0.2, 0.25) is 0 Å². The smallest absolute Gasteiger partial charge is 0.253 e. The van der Waals surface area contributed by atoms with Crippen molar-refractivity contribution in [2.24, 2.45) is 0 Å². The summed E-state index contributed by atoms with van der Waals surface area (Å²) >= 11 is 1.18. The zero-order chi connectivity index (χ0) is 22.0. The molecular weight excluding hydrogens is 432 g/mol. The molecule has 1 amide bonds. The normalized spacial score (nSPS) is 17.2. The fourth-order valence-corrected chi connectivity index (χ4v) is 6.79. The van der Waals surface area contributed by atoms with Crippen molar-refractivity contribution in [2.75, 3.05) is 6.54 Å². The number of carbonyl (C=O) groups excluding carboxylic acids is 1. The second-order valence-electron chi connectivity index (χ2n) is 7.72. The van der Waals surface area contributed by atoms with Crippen LogP contribution >= 0.6 is 11.3 Å². The molecule has 0 aliphatic carbocycles. The van der Waals surface area contributed by atoms with E-state index >= 15 is 0 Å². The molecule has 3 aromatic rings. The van der Waals surface area contributed by atoms with Crippen molar-refractivity contribution in [1.82, 2.24) is 19.4 Å². The maximum atomic E-state index is 12.9. The maximum Gasteiger partial charge on any atom is 0.253 e. The van der Waals surface area contributed by atoms with Gasteiger partial charge in [-0.1, -0.05) is 36.4 Å². The molecule has 0 bridgehead atoms. The van der Waals surface area contributed by atoms with Gasteiger partial charge in [-0.2, -0.15) is 9.40 Å². The molecule has 1 aliphatic rings. The van der Waals surface area contributed by atoms with Crippen LogP contribution in [0.5, 0.6) is 0 Å². The molecule has 2 aromatic heterocycles. The minimum atomic E-state index is -3.64. The van der Waals surface area contributed by atoms with E-state index in [1.807, 2.05) is 36.7 Å². The van der Waals surface area contributed by atoms with Crippen molar-refractivity contribution in [2.45, 2.75) is 50.0 Å². The molecule has 7 nitrogen and oxygen atoms in total. The molecule has 1 aliphatic heterocycles. The quantitative estimate of drug-likeness (QED) is 0.590. The third-order valence-corrected chi connectivity index (χ3v) is 8.99. The Balaban J connectivity index is 1.45. The number of carbonyl (C=O) groups is 1. The van der Waals surface area contributed by atoms with Crippen LogP contribution in [0.25, 0.3) is 0 Å². The van der Waals surface area contributed by atoms with Gasteiger partial charge in [-0.05, 0) is 43.7 Å². The van der Waals surface area contributed by atoms with Gasteiger partial charge in [0.25, 0.3) is 10.0 Å². The van der Waals surface area contributed by atoms with Crippen LogP contribution < -0.4 is 5.32 Å². The molecule has 3 heterocycles. The van der Waals surface area contributed by atoms with Crippen molar-refractivity contribution in [3.05, 3.63) is 70.4 Å². The molecule has 0 radical (unpaired) electrons. The first-order chi connectivity index (χ1) is 14.9. The van der Waals surface area contributed by atoms with Gasteiger partial charge < -0.3 is 5.32 Å². The van der Waals surface area contributed by atoms with Gasteiger partial charge in [-0.15, -0.1) is 11.3 Å². The lowest BCUT2D eigenvalue weighted by Crippen LogP contribution is -2.45. The first-order valence-corrected chi connectivity index (χ1v) is 12.6. The Kier molecular flexibility index (Phi) is 6.27. The largest absolute Gasteiger partial charge is 0.350 e. The number of hydrogen-bond donors (Lipinski definition) is 1. The summed E-state index contributed by atoms with van der Waals surface area (Å²) in [6.45, 7) is 5.28. The summed E-state index contributed by atoms with van der Waals surface area (Å²) in [6.07, 6.45) is 1.21. The van der Waals surface area contributed by atoms with Crippen LogP contribution in [0.4, 0.5) is 0 Å². The highest BCUT2D eigenvalue weighted by atomic mass is 32.2. The van der Waals surface area contributed by atoms with E-state index in [1.165, 1.54) is 15.6 Å². The highest BCUT2D eigenvalue weighted by molar-refractivity contribution is 7.91. The van der Waals surface area contributed by atoms with Gasteiger partial charge in [-0.25, -0.2) is 8.42 Å². The predicted octanol–water partition coefficient (Wildman–Crippen LogP) is 3.08. The Bertz CT molecular complexity index is 1160. The second-order valence-corrected chi connectivity index (χ2v) is 10.8. The third kappa shape index (κ3) is 4.44. The van der Waals surface area contributed by atoms with Crippen molar-refractivity contribution >= 4 is 27.3 Å². The van der Waals surface area contributed by atoms with Crippen molar-refractivity contribution in [1.29, 1.82) is 0 Å². The van der Waals surface area contributed by atoms with E-state index in [9.17, 15) is 13.2 Å². The van der Waals surface area contributed by atoms with Crippen LogP contribution in [0.1, 0.15) is 35.4 Å². The first kappa shape index (κ1) is 21.7. The molecule has 1 saturated heterocycles. The van der Waals surface area contributed by atoms with E-state index in [1.54, 1.807) is 17.5 Å². The van der Waals surface area contributed by atoms with E-state index in [2.05, 4.69) is 22.5 Å². The summed E-state index contributed by atoms with van der Waals surface area (Å²) in [6, 6.07) is 12.7. The highest BCUT2D eigenvalue weighted by Gasteiger charge is 2.39. The number of benzene rings is 1. The second kappa shape index (κ2) is 8.94. The Morgan fingerprint density at radius 1 is 1.19 bits per heavy atom. The maximum absolute atomic E-state index is 12.9. The third-order valence-electron chi connectivity index (χ3n) is 5.71. The number of rotatable bonds is 7. The summed E-state index contributed by atoms with van der Waals surface area (Å²) in [4.78, 5) is 12.9. The Morgan fingerprint density at radius 2 is 1.97 bits per heavy atom. The number of nitrogens with zero attached hydrogens (tertiary/aromatic N) is 3. The van der Waals surface area contributed by atoms with E-state index < -0.39 is 16.1 Å². The molecule has 1 N–H and O–H groups in total. The number of hydrogen-bond acceptors (Lipinski definition) is 5. The Labute approximate surface area is 186 Å². The average Bonchev–Trinajstić information content (AvgIpc) is 3.50. The van der Waals surface area contributed by atoms with E-state index in [-0.39, 0.29) is 10.1 Å². The molecule has 1 aromatic carbocycles. The molecule has 1 unspecified atom stereocenters. The number of aromatic nitrogens is 2. The molecule has 31 heavy (non-hydrogen) atoms. The number of amides is 1. The van der Waals surface area contributed by atoms with Crippen LogP contribution in [-0.4, -0.2) is 41.0 Å². The minimum absolute atomic E-state index is 0.257. The summed E-state index contributed by atoms with van der Waals surface area (Å²) in [5.41, 5.74) is 3.98. The van der Waals surface area contributed by atoms with Crippen LogP contribution in [0.15, 0.2) is 52.1 Å². The van der Waals surface area contributed by atoms with Gasteiger partial charge in [-0.3, -0.25) is 9.48 Å². The molecule has 0 saturated carbocycles. The zero-order valence-electron chi connectivity index (χ0n) is 17.6. The van der Waals surface area contributed by atoms with Gasteiger partial charge in [0.1, 0.15) is 10.3 Å². The predicted molar refractivity (Wildman–Crippen MR) is 120 cm³/mol. The fourth-order valence-electron chi connectivity index (χ4n) is 4.01. The van der Waals surface area contributed by atoms with E-state index in [0.29, 0.717) is 32.5 Å². The number of aryl methyl sites for hydroxylation is 1. The molecule has 9 heteroatoms. The van der Waals surface area contributed by atoms with E-state index in [4.69, 9.17) is 0 Å². The van der Waals surface area contributed by atoms with Gasteiger partial charge in [0.15, 0.2) is 0 Å². The SMILES string of the molecule is Cc1nn(Cc2ccccc2)c(C)c1CNC(=O)C1CCCN1S(=O)(=O)c1cccs1. The molecule has 0 spiro atoms. The lowest BCUT2D eigenvalue weighted by Gasteiger charge is -2.22. The van der Waals surface area contributed by atoms with E-state index in [0.717, 1.165) is 22.5 Å². The Morgan fingerprint density at radius 3 is 2.68 bits per heavy atom. The van der Waals surface area contributed by atoms with Crippen LogP contribution in [-0.2, 0) is 27.9 Å². The minimum Gasteiger partial charge on any atom is -0.350 e. The molecule has 1 atom stereocenters. The molecule has 164 valence electrons.